The molecule has 0 aliphatic rings. The first-order valence-corrected chi connectivity index (χ1v) is 7.63. The molecule has 1 aromatic heterocycles. The van der Waals surface area contributed by atoms with Crippen LogP contribution in [0.4, 0.5) is 0 Å². The Morgan fingerprint density at radius 2 is 1.95 bits per heavy atom. The maximum atomic E-state index is 4.57. The van der Waals surface area contributed by atoms with Gasteiger partial charge in [0.2, 0.25) is 0 Å². The lowest BCUT2D eigenvalue weighted by molar-refractivity contribution is 0.570. The van der Waals surface area contributed by atoms with Crippen LogP contribution in [-0.2, 0) is 25.9 Å². The van der Waals surface area contributed by atoms with Crippen LogP contribution in [0.2, 0.25) is 0 Å². The molecule has 0 aliphatic heterocycles. The van der Waals surface area contributed by atoms with Crippen LogP contribution < -0.4 is 5.32 Å². The van der Waals surface area contributed by atoms with E-state index in [0.29, 0.717) is 0 Å². The van der Waals surface area contributed by atoms with Gasteiger partial charge in [-0.1, -0.05) is 37.3 Å². The smallest absolute Gasteiger partial charge is 0.0625 e. The van der Waals surface area contributed by atoms with Gasteiger partial charge in [0.25, 0.3) is 0 Å². The summed E-state index contributed by atoms with van der Waals surface area (Å²) in [5.41, 5.74) is 3.90. The number of aryl methyl sites for hydroxylation is 3. The molecule has 2 rings (SSSR count). The first kappa shape index (κ1) is 14.8. The molecule has 0 bridgehead atoms. The van der Waals surface area contributed by atoms with Gasteiger partial charge in [0.05, 0.1) is 11.4 Å². The monoisotopic (exact) mass is 271 g/mol. The van der Waals surface area contributed by atoms with Gasteiger partial charge in [-0.2, -0.15) is 5.10 Å². The first-order valence-electron chi connectivity index (χ1n) is 7.63. The Hall–Kier alpha value is -1.61. The summed E-state index contributed by atoms with van der Waals surface area (Å²) in [6, 6.07) is 12.9. The standard InChI is InChI=1S/C17H25N3/c1-3-16-13-17(20(4-2)19-16)14-18-12-8-11-15-9-6-5-7-10-15/h5-7,9-10,13,18H,3-4,8,11-12,14H2,1-2H3. The topological polar surface area (TPSA) is 29.9 Å². The second-order valence-electron chi connectivity index (χ2n) is 5.06. The molecule has 0 spiro atoms. The third-order valence-corrected chi connectivity index (χ3v) is 3.54. The van der Waals surface area contributed by atoms with Gasteiger partial charge in [-0.25, -0.2) is 0 Å². The third-order valence-electron chi connectivity index (χ3n) is 3.54. The minimum absolute atomic E-state index is 0.912. The lowest BCUT2D eigenvalue weighted by atomic mass is 10.1. The fourth-order valence-electron chi connectivity index (χ4n) is 2.38. The lowest BCUT2D eigenvalue weighted by Gasteiger charge is -2.06. The highest BCUT2D eigenvalue weighted by molar-refractivity contribution is 5.14. The Labute approximate surface area is 122 Å². The summed E-state index contributed by atoms with van der Waals surface area (Å²) >= 11 is 0. The van der Waals surface area contributed by atoms with Crippen molar-refractivity contribution in [1.29, 1.82) is 0 Å². The number of nitrogens with zero attached hydrogens (tertiary/aromatic N) is 2. The van der Waals surface area contributed by atoms with Gasteiger partial charge in [0.15, 0.2) is 0 Å². The fraction of sp³-hybridized carbons (Fsp3) is 0.471. The van der Waals surface area contributed by atoms with Crippen LogP contribution >= 0.6 is 0 Å². The van der Waals surface area contributed by atoms with Crippen LogP contribution in [0.3, 0.4) is 0 Å². The molecule has 1 heterocycles. The Morgan fingerprint density at radius 1 is 1.15 bits per heavy atom. The average molecular weight is 271 g/mol. The molecule has 0 saturated heterocycles. The van der Waals surface area contributed by atoms with Crippen LogP contribution in [0.5, 0.6) is 0 Å². The Morgan fingerprint density at radius 3 is 2.65 bits per heavy atom. The molecular formula is C17H25N3. The van der Waals surface area contributed by atoms with Crippen molar-refractivity contribution in [3.63, 3.8) is 0 Å². The summed E-state index contributed by atoms with van der Waals surface area (Å²) < 4.78 is 2.10. The summed E-state index contributed by atoms with van der Waals surface area (Å²) in [6.45, 7) is 7.20. The molecule has 0 radical (unpaired) electrons. The normalized spacial score (nSPS) is 10.9. The maximum absolute atomic E-state index is 4.57. The fourth-order valence-corrected chi connectivity index (χ4v) is 2.38. The van der Waals surface area contributed by atoms with Crippen LogP contribution in [0.15, 0.2) is 36.4 Å². The van der Waals surface area contributed by atoms with Crippen molar-refractivity contribution < 1.29 is 0 Å². The second-order valence-corrected chi connectivity index (χ2v) is 5.06. The second kappa shape index (κ2) is 7.85. The van der Waals surface area contributed by atoms with Gasteiger partial charge in [0, 0.05) is 13.1 Å². The van der Waals surface area contributed by atoms with Crippen LogP contribution in [0.25, 0.3) is 0 Å². The molecular weight excluding hydrogens is 246 g/mol. The van der Waals surface area contributed by atoms with E-state index < -0.39 is 0 Å². The zero-order valence-electron chi connectivity index (χ0n) is 12.6. The van der Waals surface area contributed by atoms with Gasteiger partial charge in [-0.15, -0.1) is 0 Å². The summed E-state index contributed by atoms with van der Waals surface area (Å²) in [4.78, 5) is 0. The predicted molar refractivity (Wildman–Crippen MR) is 83.7 cm³/mol. The van der Waals surface area contributed by atoms with E-state index in [-0.39, 0.29) is 0 Å². The number of nitrogens with one attached hydrogen (secondary N) is 1. The highest BCUT2D eigenvalue weighted by Crippen LogP contribution is 2.06. The quantitative estimate of drug-likeness (QED) is 0.747. The molecule has 2 aromatic rings. The van der Waals surface area contributed by atoms with Gasteiger partial charge in [-0.3, -0.25) is 4.68 Å². The molecule has 3 nitrogen and oxygen atoms in total. The third kappa shape index (κ3) is 4.20. The van der Waals surface area contributed by atoms with E-state index in [2.05, 4.69) is 65.3 Å². The predicted octanol–water partition coefficient (Wildman–Crippen LogP) is 3.19. The van der Waals surface area contributed by atoms with Crippen molar-refractivity contribution >= 4 is 0 Å². The van der Waals surface area contributed by atoms with E-state index in [1.165, 1.54) is 23.4 Å². The molecule has 0 unspecified atom stereocenters. The van der Waals surface area contributed by atoms with Gasteiger partial charge < -0.3 is 5.32 Å². The number of benzene rings is 1. The Bertz CT molecular complexity index is 502. The molecule has 1 aromatic carbocycles. The van der Waals surface area contributed by atoms with Gasteiger partial charge >= 0.3 is 0 Å². The minimum Gasteiger partial charge on any atom is -0.311 e. The number of hydrogen-bond acceptors (Lipinski definition) is 2. The van der Waals surface area contributed by atoms with E-state index in [4.69, 9.17) is 0 Å². The molecule has 1 N–H and O–H groups in total. The van der Waals surface area contributed by atoms with E-state index in [1.54, 1.807) is 0 Å². The highest BCUT2D eigenvalue weighted by Gasteiger charge is 2.04. The molecule has 108 valence electrons. The van der Waals surface area contributed by atoms with Crippen molar-refractivity contribution in [1.82, 2.24) is 15.1 Å². The van der Waals surface area contributed by atoms with Crippen LogP contribution in [-0.4, -0.2) is 16.3 Å². The molecule has 20 heavy (non-hydrogen) atoms. The molecule has 0 aliphatic carbocycles. The zero-order chi connectivity index (χ0) is 14.2. The average Bonchev–Trinajstić information content (AvgIpc) is 2.90. The maximum Gasteiger partial charge on any atom is 0.0625 e. The van der Waals surface area contributed by atoms with E-state index >= 15 is 0 Å². The summed E-state index contributed by atoms with van der Waals surface area (Å²) in [6.07, 6.45) is 3.32. The van der Waals surface area contributed by atoms with E-state index in [9.17, 15) is 0 Å². The largest absolute Gasteiger partial charge is 0.311 e. The van der Waals surface area contributed by atoms with Crippen LogP contribution in [0, 0.1) is 0 Å². The van der Waals surface area contributed by atoms with Crippen molar-refractivity contribution in [2.45, 2.75) is 46.2 Å². The van der Waals surface area contributed by atoms with Crippen molar-refractivity contribution in [2.75, 3.05) is 6.54 Å². The molecule has 0 saturated carbocycles. The summed E-state index contributed by atoms with van der Waals surface area (Å²) in [7, 11) is 0. The SMILES string of the molecule is CCc1cc(CNCCCc2ccccc2)n(CC)n1. The molecule has 0 fully saturated rings. The summed E-state index contributed by atoms with van der Waals surface area (Å²) in [5.74, 6) is 0. The number of hydrogen-bond donors (Lipinski definition) is 1. The lowest BCUT2D eigenvalue weighted by Crippen LogP contribution is -2.18. The van der Waals surface area contributed by atoms with E-state index in [0.717, 1.165) is 32.5 Å². The number of rotatable bonds is 8. The minimum atomic E-state index is 0.912. The van der Waals surface area contributed by atoms with Crippen LogP contribution in [0.1, 0.15) is 37.2 Å². The van der Waals surface area contributed by atoms with Crippen molar-refractivity contribution in [3.05, 3.63) is 53.3 Å². The Kier molecular flexibility index (Phi) is 5.81. The highest BCUT2D eigenvalue weighted by atomic mass is 15.3. The van der Waals surface area contributed by atoms with Crippen molar-refractivity contribution in [3.8, 4) is 0 Å². The van der Waals surface area contributed by atoms with Gasteiger partial charge in [-0.05, 0) is 44.4 Å². The van der Waals surface area contributed by atoms with E-state index in [1.807, 2.05) is 0 Å². The van der Waals surface area contributed by atoms with Gasteiger partial charge in [0.1, 0.15) is 0 Å². The Balaban J connectivity index is 1.72. The first-order chi connectivity index (χ1) is 9.83. The molecule has 3 heteroatoms. The zero-order valence-corrected chi connectivity index (χ0v) is 12.6. The number of aromatic nitrogens is 2. The molecule has 0 amide bonds. The van der Waals surface area contributed by atoms with Crippen molar-refractivity contribution in [2.24, 2.45) is 0 Å². The summed E-state index contributed by atoms with van der Waals surface area (Å²) in [5, 5.41) is 8.09. The molecule has 0 atom stereocenters.